The molecule has 0 spiro atoms. The molecule has 1 aliphatic carbocycles. The topological polar surface area (TPSA) is 137 Å². The average molecular weight is 705 g/mol. The zero-order valence-electron chi connectivity index (χ0n) is 32.0. The van der Waals surface area contributed by atoms with Crippen LogP contribution in [-0.4, -0.2) is 80.4 Å². The van der Waals surface area contributed by atoms with E-state index in [4.69, 9.17) is 9.72 Å². The van der Waals surface area contributed by atoms with Crippen molar-refractivity contribution in [3.8, 4) is 11.3 Å². The van der Waals surface area contributed by atoms with Gasteiger partial charge in [-0.15, -0.1) is 0 Å². The zero-order valence-corrected chi connectivity index (χ0v) is 32.0. The molecule has 1 aromatic carbocycles. The van der Waals surface area contributed by atoms with Gasteiger partial charge >= 0.3 is 6.09 Å². The first kappa shape index (κ1) is 38.3. The molecule has 3 fully saturated rings. The average Bonchev–Trinajstić information content (AvgIpc) is 3.87. The van der Waals surface area contributed by atoms with Gasteiger partial charge in [-0.1, -0.05) is 58.9 Å². The number of imidazole rings is 1. The molecule has 11 nitrogen and oxygen atoms in total. The molecule has 4 atom stereocenters. The Morgan fingerprint density at radius 1 is 0.843 bits per heavy atom. The van der Waals surface area contributed by atoms with Crippen LogP contribution >= 0.6 is 0 Å². The lowest BCUT2D eigenvalue weighted by atomic mass is 9.81. The van der Waals surface area contributed by atoms with Crippen LogP contribution in [0.4, 0.5) is 4.79 Å². The summed E-state index contributed by atoms with van der Waals surface area (Å²) in [4.78, 5) is 64.6. The number of rotatable bonds is 10. The van der Waals surface area contributed by atoms with E-state index in [0.29, 0.717) is 24.8 Å². The highest BCUT2D eigenvalue weighted by Crippen LogP contribution is 2.36. The Bertz CT molecular complexity index is 1520. The maximum Gasteiger partial charge on any atom is 0.408 e. The van der Waals surface area contributed by atoms with Crippen LogP contribution in [-0.2, 0) is 19.1 Å². The first-order chi connectivity index (χ1) is 24.1. The summed E-state index contributed by atoms with van der Waals surface area (Å²) >= 11 is 0. The first-order valence-electron chi connectivity index (χ1n) is 19.2. The minimum absolute atomic E-state index is 0.00208. The van der Waals surface area contributed by atoms with Crippen molar-refractivity contribution in [2.45, 2.75) is 142 Å². The van der Waals surface area contributed by atoms with E-state index in [0.717, 1.165) is 68.6 Å². The van der Waals surface area contributed by atoms with Gasteiger partial charge in [-0.2, -0.15) is 0 Å². The Labute approximate surface area is 304 Å². The fourth-order valence-corrected chi connectivity index (χ4v) is 7.75. The lowest BCUT2D eigenvalue weighted by molar-refractivity contribution is -0.141. The lowest BCUT2D eigenvalue weighted by Gasteiger charge is -2.33. The van der Waals surface area contributed by atoms with Gasteiger partial charge < -0.3 is 30.2 Å². The second-order valence-electron chi connectivity index (χ2n) is 16.6. The number of hydrogen-bond acceptors (Lipinski definition) is 6. The molecule has 2 aromatic rings. The van der Waals surface area contributed by atoms with Gasteiger partial charge in [0.15, 0.2) is 0 Å². The van der Waals surface area contributed by atoms with Crippen LogP contribution in [0.25, 0.3) is 11.3 Å². The fourth-order valence-electron chi connectivity index (χ4n) is 7.75. The molecule has 0 unspecified atom stereocenters. The highest BCUT2D eigenvalue weighted by atomic mass is 16.6. The van der Waals surface area contributed by atoms with E-state index < -0.39 is 23.8 Å². The number of carbonyl (C=O) groups excluding carboxylic acids is 4. The highest BCUT2D eigenvalue weighted by molar-refractivity contribution is 5.92. The Balaban J connectivity index is 1.13. The van der Waals surface area contributed by atoms with Crippen molar-refractivity contribution in [2.75, 3.05) is 13.1 Å². The SMILES string of the molecule is CC(C)[C@@H](C)C(=O)N1CCC[C@H]1c1ncc(-c2ccc([C@H]3CC[C@@H](NC(=O)[C@@H]4CCCN4C(=O)[C@H](NC(=O)OC(C)(C)C)C(C)C)CC3)cc2)[nH]1. The van der Waals surface area contributed by atoms with E-state index in [1.54, 1.807) is 25.7 Å². The Morgan fingerprint density at radius 3 is 2.12 bits per heavy atom. The molecule has 0 radical (unpaired) electrons. The number of nitrogens with one attached hydrogen (secondary N) is 3. The molecule has 11 heteroatoms. The van der Waals surface area contributed by atoms with Crippen molar-refractivity contribution in [3.05, 3.63) is 41.9 Å². The van der Waals surface area contributed by atoms with Crippen molar-refractivity contribution in [3.63, 3.8) is 0 Å². The highest BCUT2D eigenvalue weighted by Gasteiger charge is 2.40. The summed E-state index contributed by atoms with van der Waals surface area (Å²) in [5.74, 6) is 1.29. The third-order valence-corrected chi connectivity index (χ3v) is 11.0. The molecule has 1 aromatic heterocycles. The number of hydrogen-bond donors (Lipinski definition) is 3. The second kappa shape index (κ2) is 16.2. The quantitative estimate of drug-likeness (QED) is 0.251. The minimum Gasteiger partial charge on any atom is -0.444 e. The number of H-pyrrole nitrogens is 1. The van der Waals surface area contributed by atoms with Crippen molar-refractivity contribution in [1.29, 1.82) is 0 Å². The Hall–Kier alpha value is -3.89. The van der Waals surface area contributed by atoms with E-state index in [1.807, 2.05) is 31.9 Å². The van der Waals surface area contributed by atoms with Gasteiger partial charge in [0.25, 0.3) is 0 Å². The van der Waals surface area contributed by atoms with Gasteiger partial charge in [0.05, 0.1) is 17.9 Å². The summed E-state index contributed by atoms with van der Waals surface area (Å²) in [7, 11) is 0. The maximum absolute atomic E-state index is 13.6. The predicted molar refractivity (Wildman–Crippen MR) is 198 cm³/mol. The Morgan fingerprint density at radius 2 is 1.49 bits per heavy atom. The molecule has 3 heterocycles. The van der Waals surface area contributed by atoms with Crippen molar-refractivity contribution >= 4 is 23.8 Å². The van der Waals surface area contributed by atoms with Gasteiger partial charge in [-0.25, -0.2) is 9.78 Å². The number of amides is 4. The summed E-state index contributed by atoms with van der Waals surface area (Å²) in [5, 5.41) is 6.00. The van der Waals surface area contributed by atoms with Gasteiger partial charge in [0.1, 0.15) is 23.5 Å². The van der Waals surface area contributed by atoms with Gasteiger partial charge in [-0.3, -0.25) is 14.4 Å². The molecule has 4 amide bonds. The third kappa shape index (κ3) is 9.32. The number of ether oxygens (including phenoxy) is 1. The van der Waals surface area contributed by atoms with Gasteiger partial charge in [0, 0.05) is 25.0 Å². The van der Waals surface area contributed by atoms with Crippen molar-refractivity contribution < 1.29 is 23.9 Å². The standard InChI is InChI=1S/C40H60N6O5/c1-24(2)26(5)37(48)45-21-9-11-32(45)35-41-23-31(43-35)29-15-13-27(14-16-29)28-17-19-30(20-18-28)42-36(47)33-12-10-22-46(33)38(49)34(25(3)4)44-39(50)51-40(6,7)8/h13-16,23-26,28,30,32-34H,9-12,17-22H2,1-8H3,(H,41,43)(H,42,47)(H,44,50)/t26-,28-,30+,32+,33+,34-/m1/s1. The Kier molecular flexibility index (Phi) is 12.2. The second-order valence-corrected chi connectivity index (χ2v) is 16.6. The molecular formula is C40H60N6O5. The molecular weight excluding hydrogens is 644 g/mol. The first-order valence-corrected chi connectivity index (χ1v) is 19.2. The zero-order chi connectivity index (χ0) is 37.0. The van der Waals surface area contributed by atoms with Crippen LogP contribution in [0.5, 0.6) is 0 Å². The molecule has 5 rings (SSSR count). The summed E-state index contributed by atoms with van der Waals surface area (Å²) < 4.78 is 5.40. The number of aromatic nitrogens is 2. The number of likely N-dealkylation sites (tertiary alicyclic amines) is 2. The normalized spacial score (nSPS) is 23.7. The van der Waals surface area contributed by atoms with Crippen LogP contribution in [0.1, 0.15) is 130 Å². The maximum atomic E-state index is 13.6. The van der Waals surface area contributed by atoms with E-state index in [9.17, 15) is 19.2 Å². The molecule has 51 heavy (non-hydrogen) atoms. The lowest BCUT2D eigenvalue weighted by Crippen LogP contribution is -2.56. The summed E-state index contributed by atoms with van der Waals surface area (Å²) in [5.41, 5.74) is 2.65. The van der Waals surface area contributed by atoms with Gasteiger partial charge in [0.2, 0.25) is 17.7 Å². The largest absolute Gasteiger partial charge is 0.444 e. The van der Waals surface area contributed by atoms with E-state index >= 15 is 0 Å². The summed E-state index contributed by atoms with van der Waals surface area (Å²) in [6.07, 6.45) is 8.23. The van der Waals surface area contributed by atoms with E-state index in [1.165, 1.54) is 5.56 Å². The number of benzene rings is 1. The van der Waals surface area contributed by atoms with Crippen LogP contribution in [0.2, 0.25) is 0 Å². The summed E-state index contributed by atoms with van der Waals surface area (Å²) in [6.45, 7) is 16.6. The molecule has 0 bridgehead atoms. The molecule has 3 N–H and O–H groups in total. The fraction of sp³-hybridized carbons (Fsp3) is 0.675. The molecule has 3 aliphatic rings. The van der Waals surface area contributed by atoms with Crippen molar-refractivity contribution in [1.82, 2.24) is 30.4 Å². The molecule has 1 saturated carbocycles. The summed E-state index contributed by atoms with van der Waals surface area (Å²) in [6, 6.07) is 7.46. The van der Waals surface area contributed by atoms with Crippen molar-refractivity contribution in [2.24, 2.45) is 17.8 Å². The van der Waals surface area contributed by atoms with Crippen LogP contribution in [0.3, 0.4) is 0 Å². The molecule has 2 saturated heterocycles. The molecule has 2 aliphatic heterocycles. The monoisotopic (exact) mass is 704 g/mol. The number of aromatic amines is 1. The number of carbonyl (C=O) groups is 4. The van der Waals surface area contributed by atoms with Crippen LogP contribution < -0.4 is 10.6 Å². The number of nitrogens with zero attached hydrogens (tertiary/aromatic N) is 3. The predicted octanol–water partition coefficient (Wildman–Crippen LogP) is 6.72. The van der Waals surface area contributed by atoms with Gasteiger partial charge in [-0.05, 0) is 101 Å². The van der Waals surface area contributed by atoms with Crippen LogP contribution in [0, 0.1) is 17.8 Å². The third-order valence-electron chi connectivity index (χ3n) is 11.0. The smallest absolute Gasteiger partial charge is 0.408 e. The number of alkyl carbamates (subject to hydrolysis) is 1. The van der Waals surface area contributed by atoms with E-state index in [-0.39, 0.29) is 41.6 Å². The van der Waals surface area contributed by atoms with E-state index in [2.05, 4.69) is 53.7 Å². The molecule has 280 valence electrons. The van der Waals surface area contributed by atoms with Crippen LogP contribution in [0.15, 0.2) is 30.5 Å². The minimum atomic E-state index is -0.766.